The lowest BCUT2D eigenvalue weighted by atomic mass is 10.0. The Kier molecular flexibility index (Phi) is 3.75. The molecule has 0 saturated heterocycles. The first-order chi connectivity index (χ1) is 8.44. The Balaban J connectivity index is 2.52. The average molecular weight is 268 g/mol. The van der Waals surface area contributed by atoms with E-state index in [0.29, 0.717) is 4.90 Å². The van der Waals surface area contributed by atoms with E-state index in [2.05, 4.69) is 5.32 Å². The van der Waals surface area contributed by atoms with Gasteiger partial charge in [-0.1, -0.05) is 12.1 Å². The third kappa shape index (κ3) is 2.30. The van der Waals surface area contributed by atoms with Crippen LogP contribution in [0.5, 0.6) is 0 Å². The second kappa shape index (κ2) is 4.99. The fourth-order valence-electron chi connectivity index (χ4n) is 2.17. The number of benzene rings is 1. The topological polar surface area (TPSA) is 49.4 Å². The second-order valence-corrected chi connectivity index (χ2v) is 6.90. The summed E-state index contributed by atoms with van der Waals surface area (Å²) in [4.78, 5) is 0.470. The number of rotatable bonds is 3. The Morgan fingerprint density at radius 3 is 2.72 bits per heavy atom. The molecule has 0 atom stereocenters. The fourth-order valence-corrected chi connectivity index (χ4v) is 3.83. The smallest absolute Gasteiger partial charge is 0.243 e. The van der Waals surface area contributed by atoms with E-state index in [1.807, 2.05) is 26.0 Å². The minimum Gasteiger partial charge on any atom is -0.312 e. The van der Waals surface area contributed by atoms with Crippen LogP contribution in [0, 0.1) is 0 Å². The minimum atomic E-state index is -3.37. The summed E-state index contributed by atoms with van der Waals surface area (Å²) in [6.07, 6.45) is 0.774. The van der Waals surface area contributed by atoms with Crippen LogP contribution in [0.2, 0.25) is 0 Å². The maximum Gasteiger partial charge on any atom is 0.243 e. The van der Waals surface area contributed by atoms with E-state index in [1.165, 1.54) is 4.31 Å². The van der Waals surface area contributed by atoms with Gasteiger partial charge >= 0.3 is 0 Å². The molecule has 100 valence electrons. The summed E-state index contributed by atoms with van der Waals surface area (Å²) in [5.74, 6) is 0. The Bertz CT molecular complexity index is 538. The van der Waals surface area contributed by atoms with E-state index in [9.17, 15) is 8.42 Å². The molecule has 1 heterocycles. The molecule has 4 nitrogen and oxygen atoms in total. The lowest BCUT2D eigenvalue weighted by Crippen LogP contribution is -2.35. The highest BCUT2D eigenvalue weighted by molar-refractivity contribution is 7.89. The summed E-state index contributed by atoms with van der Waals surface area (Å²) in [6, 6.07) is 5.51. The maximum atomic E-state index is 12.6. The van der Waals surface area contributed by atoms with Crippen molar-refractivity contribution in [2.45, 2.75) is 37.8 Å². The standard InChI is InChI=1S/C13H20N2O2S/c1-10(2)15(3)18(16,17)13-6-4-5-11-9-14-8-7-12(11)13/h4-6,10,14H,7-9H2,1-3H3. The van der Waals surface area contributed by atoms with E-state index in [0.717, 1.165) is 30.6 Å². The molecule has 18 heavy (non-hydrogen) atoms. The van der Waals surface area contributed by atoms with Gasteiger partial charge in [0.15, 0.2) is 0 Å². The molecule has 0 fully saturated rings. The first kappa shape index (κ1) is 13.5. The largest absolute Gasteiger partial charge is 0.312 e. The van der Waals surface area contributed by atoms with E-state index in [4.69, 9.17) is 0 Å². The van der Waals surface area contributed by atoms with Crippen molar-refractivity contribution in [3.63, 3.8) is 0 Å². The highest BCUT2D eigenvalue weighted by Crippen LogP contribution is 2.25. The van der Waals surface area contributed by atoms with Crippen molar-refractivity contribution in [1.82, 2.24) is 9.62 Å². The zero-order chi connectivity index (χ0) is 13.3. The van der Waals surface area contributed by atoms with Crippen molar-refractivity contribution in [1.29, 1.82) is 0 Å². The lowest BCUT2D eigenvalue weighted by Gasteiger charge is -2.25. The minimum absolute atomic E-state index is 0.0347. The quantitative estimate of drug-likeness (QED) is 0.900. The molecule has 0 amide bonds. The van der Waals surface area contributed by atoms with Crippen LogP contribution in [-0.2, 0) is 23.0 Å². The van der Waals surface area contributed by atoms with E-state index in [1.54, 1.807) is 13.1 Å². The Labute approximate surface area is 109 Å². The predicted molar refractivity (Wildman–Crippen MR) is 71.9 cm³/mol. The van der Waals surface area contributed by atoms with Crippen LogP contribution in [0.3, 0.4) is 0 Å². The normalized spacial score (nSPS) is 16.1. The monoisotopic (exact) mass is 268 g/mol. The highest BCUT2D eigenvalue weighted by atomic mass is 32.2. The Hall–Kier alpha value is -0.910. The SMILES string of the molecule is CC(C)N(C)S(=O)(=O)c1cccc2c1CCNC2. The highest BCUT2D eigenvalue weighted by Gasteiger charge is 2.27. The number of hydrogen-bond acceptors (Lipinski definition) is 3. The number of fused-ring (bicyclic) bond motifs is 1. The number of nitrogens with one attached hydrogen (secondary N) is 1. The van der Waals surface area contributed by atoms with Crippen LogP contribution in [0.25, 0.3) is 0 Å². The lowest BCUT2D eigenvalue weighted by molar-refractivity contribution is 0.409. The summed E-state index contributed by atoms with van der Waals surface area (Å²) in [7, 11) is -1.73. The summed E-state index contributed by atoms with van der Waals surface area (Å²) >= 11 is 0. The summed E-state index contributed by atoms with van der Waals surface area (Å²) in [5, 5.41) is 3.26. The van der Waals surface area contributed by atoms with Crippen molar-refractivity contribution in [2.24, 2.45) is 0 Å². The molecule has 0 saturated carbocycles. The van der Waals surface area contributed by atoms with Crippen LogP contribution >= 0.6 is 0 Å². The van der Waals surface area contributed by atoms with E-state index < -0.39 is 10.0 Å². The van der Waals surface area contributed by atoms with Crippen molar-refractivity contribution in [3.8, 4) is 0 Å². The van der Waals surface area contributed by atoms with Gasteiger partial charge in [0.25, 0.3) is 0 Å². The third-order valence-electron chi connectivity index (χ3n) is 3.48. The van der Waals surface area contributed by atoms with Crippen LogP contribution in [0.1, 0.15) is 25.0 Å². The van der Waals surface area contributed by atoms with E-state index in [-0.39, 0.29) is 6.04 Å². The van der Waals surface area contributed by atoms with Gasteiger partial charge in [0.2, 0.25) is 10.0 Å². The molecule has 1 aliphatic rings. The second-order valence-electron chi connectivity index (χ2n) is 4.94. The Morgan fingerprint density at radius 2 is 2.06 bits per heavy atom. The molecule has 1 N–H and O–H groups in total. The molecule has 0 aliphatic carbocycles. The maximum absolute atomic E-state index is 12.6. The van der Waals surface area contributed by atoms with Crippen molar-refractivity contribution < 1.29 is 8.42 Å². The van der Waals surface area contributed by atoms with Gasteiger partial charge in [-0.2, -0.15) is 4.31 Å². The molecular formula is C13H20N2O2S. The molecule has 0 spiro atoms. The van der Waals surface area contributed by atoms with Crippen LogP contribution in [-0.4, -0.2) is 32.4 Å². The first-order valence-electron chi connectivity index (χ1n) is 6.24. The fraction of sp³-hybridized carbons (Fsp3) is 0.538. The Morgan fingerprint density at radius 1 is 1.33 bits per heavy atom. The number of hydrogen-bond donors (Lipinski definition) is 1. The zero-order valence-corrected chi connectivity index (χ0v) is 11.9. The molecule has 0 unspecified atom stereocenters. The summed E-state index contributed by atoms with van der Waals surface area (Å²) in [5.41, 5.74) is 2.07. The molecule has 1 aromatic carbocycles. The van der Waals surface area contributed by atoms with Crippen molar-refractivity contribution in [2.75, 3.05) is 13.6 Å². The molecular weight excluding hydrogens is 248 g/mol. The molecule has 1 aliphatic heterocycles. The van der Waals surface area contributed by atoms with E-state index >= 15 is 0 Å². The van der Waals surface area contributed by atoms with Crippen LogP contribution < -0.4 is 5.32 Å². The first-order valence-corrected chi connectivity index (χ1v) is 7.68. The van der Waals surface area contributed by atoms with Gasteiger partial charge in [0.05, 0.1) is 4.90 Å². The van der Waals surface area contributed by atoms with Crippen molar-refractivity contribution in [3.05, 3.63) is 29.3 Å². The summed E-state index contributed by atoms with van der Waals surface area (Å²) in [6.45, 7) is 5.36. The van der Waals surface area contributed by atoms with Gasteiger partial charge in [0.1, 0.15) is 0 Å². The van der Waals surface area contributed by atoms with Crippen LogP contribution in [0.4, 0.5) is 0 Å². The van der Waals surface area contributed by atoms with Gasteiger partial charge in [-0.3, -0.25) is 0 Å². The third-order valence-corrected chi connectivity index (χ3v) is 5.60. The summed E-state index contributed by atoms with van der Waals surface area (Å²) < 4.78 is 26.5. The van der Waals surface area contributed by atoms with Gasteiger partial charge in [-0.25, -0.2) is 8.42 Å². The molecule has 1 aromatic rings. The van der Waals surface area contributed by atoms with Gasteiger partial charge in [-0.15, -0.1) is 0 Å². The number of nitrogens with zero attached hydrogens (tertiary/aromatic N) is 1. The molecule has 0 radical (unpaired) electrons. The predicted octanol–water partition coefficient (Wildman–Crippen LogP) is 1.36. The zero-order valence-electron chi connectivity index (χ0n) is 11.1. The van der Waals surface area contributed by atoms with Gasteiger partial charge in [0, 0.05) is 19.6 Å². The van der Waals surface area contributed by atoms with Gasteiger partial charge < -0.3 is 5.32 Å². The molecule has 0 bridgehead atoms. The number of sulfonamides is 1. The molecule has 2 rings (SSSR count). The van der Waals surface area contributed by atoms with Crippen LogP contribution in [0.15, 0.2) is 23.1 Å². The average Bonchev–Trinajstić information content (AvgIpc) is 2.36. The van der Waals surface area contributed by atoms with Crippen molar-refractivity contribution >= 4 is 10.0 Å². The van der Waals surface area contributed by atoms with Gasteiger partial charge in [-0.05, 0) is 44.0 Å². The molecule has 5 heteroatoms. The molecule has 0 aromatic heterocycles.